The number of carbonyl (C=O) groups is 1. The molecular formula is C22H40O12. The molecule has 12 nitrogen and oxygen atoms in total. The van der Waals surface area contributed by atoms with Crippen LogP contribution < -0.4 is 0 Å². The van der Waals surface area contributed by atoms with E-state index in [4.69, 9.17) is 18.9 Å². The lowest BCUT2D eigenvalue weighted by Gasteiger charge is -2.44. The first-order valence-corrected chi connectivity index (χ1v) is 11.9. The Morgan fingerprint density at radius 3 is 2.09 bits per heavy atom. The molecule has 0 unspecified atom stereocenters. The quantitative estimate of drug-likeness (QED) is 0.122. The molecule has 0 aromatic rings. The summed E-state index contributed by atoms with van der Waals surface area (Å²) < 4.78 is 27.2. The van der Waals surface area contributed by atoms with Gasteiger partial charge in [-0.2, -0.15) is 0 Å². The number of ether oxygens (including phenoxy) is 5. The number of rotatable bonds is 14. The molecule has 2 aliphatic rings. The Hall–Kier alpha value is -0.930. The average molecular weight is 497 g/mol. The fourth-order valence-corrected chi connectivity index (χ4v) is 4.01. The molecule has 2 aliphatic heterocycles. The molecule has 2 rings (SSSR count). The van der Waals surface area contributed by atoms with Gasteiger partial charge in [0.2, 0.25) is 0 Å². The Morgan fingerprint density at radius 1 is 0.824 bits per heavy atom. The molecule has 200 valence electrons. The van der Waals surface area contributed by atoms with Gasteiger partial charge in [-0.15, -0.1) is 0 Å². The summed E-state index contributed by atoms with van der Waals surface area (Å²) in [6.07, 6.45) is -5.24. The van der Waals surface area contributed by atoms with E-state index in [0.29, 0.717) is 13.0 Å². The third-order valence-corrected chi connectivity index (χ3v) is 6.14. The number of hydrogen-bond acceptors (Lipinski definition) is 12. The van der Waals surface area contributed by atoms with Crippen molar-refractivity contribution in [2.75, 3.05) is 26.9 Å². The molecule has 0 aromatic heterocycles. The van der Waals surface area contributed by atoms with Crippen LogP contribution in [0.1, 0.15) is 51.4 Å². The third-order valence-electron chi connectivity index (χ3n) is 6.14. The van der Waals surface area contributed by atoms with Crippen LogP contribution in [0.4, 0.5) is 0 Å². The summed E-state index contributed by atoms with van der Waals surface area (Å²) in [7, 11) is 1.38. The minimum Gasteiger partial charge on any atom is -0.469 e. The highest BCUT2D eigenvalue weighted by molar-refractivity contribution is 5.68. The molecule has 0 aliphatic carbocycles. The van der Waals surface area contributed by atoms with Gasteiger partial charge < -0.3 is 54.3 Å². The van der Waals surface area contributed by atoms with E-state index in [9.17, 15) is 35.4 Å². The van der Waals surface area contributed by atoms with Crippen LogP contribution in [0, 0.1) is 0 Å². The van der Waals surface area contributed by atoms with E-state index in [2.05, 4.69) is 4.74 Å². The smallest absolute Gasteiger partial charge is 0.305 e. The van der Waals surface area contributed by atoms with Gasteiger partial charge in [0, 0.05) is 19.4 Å². The second kappa shape index (κ2) is 15.2. The van der Waals surface area contributed by atoms with Gasteiger partial charge in [-0.3, -0.25) is 4.79 Å². The fourth-order valence-electron chi connectivity index (χ4n) is 4.01. The Morgan fingerprint density at radius 2 is 1.44 bits per heavy atom. The molecule has 0 bridgehead atoms. The summed E-state index contributed by atoms with van der Waals surface area (Å²) in [5, 5.41) is 59.2. The second-order valence-electron chi connectivity index (χ2n) is 8.72. The molecule has 2 fully saturated rings. The maximum absolute atomic E-state index is 11.1. The third kappa shape index (κ3) is 8.63. The van der Waals surface area contributed by atoms with Gasteiger partial charge in [0.1, 0.15) is 36.6 Å². The van der Waals surface area contributed by atoms with E-state index in [1.165, 1.54) is 7.11 Å². The largest absolute Gasteiger partial charge is 0.469 e. The zero-order valence-corrected chi connectivity index (χ0v) is 19.6. The maximum atomic E-state index is 11.1. The summed E-state index contributed by atoms with van der Waals surface area (Å²) >= 11 is 0. The van der Waals surface area contributed by atoms with Crippen molar-refractivity contribution >= 4 is 5.97 Å². The average Bonchev–Trinajstić information content (AvgIpc) is 2.83. The topological polar surface area (TPSA) is 185 Å². The van der Waals surface area contributed by atoms with Crippen LogP contribution in [0.2, 0.25) is 0 Å². The number of methoxy groups -OCH3 is 1. The van der Waals surface area contributed by atoms with Crippen molar-refractivity contribution < 1.29 is 59.1 Å². The monoisotopic (exact) mass is 496 g/mol. The number of aliphatic hydroxyl groups excluding tert-OH is 6. The van der Waals surface area contributed by atoms with E-state index < -0.39 is 68.5 Å². The van der Waals surface area contributed by atoms with E-state index in [0.717, 1.165) is 38.5 Å². The zero-order chi connectivity index (χ0) is 25.1. The van der Waals surface area contributed by atoms with Crippen molar-refractivity contribution in [3.05, 3.63) is 0 Å². The Balaban J connectivity index is 1.80. The summed E-state index contributed by atoms with van der Waals surface area (Å²) in [5.41, 5.74) is 0. The highest BCUT2D eigenvalue weighted by Crippen LogP contribution is 2.29. The van der Waals surface area contributed by atoms with Gasteiger partial charge in [0.05, 0.1) is 26.4 Å². The summed E-state index contributed by atoms with van der Waals surface area (Å²) in [4.78, 5) is 11.1. The standard InChI is InChI=1S/C22H40O12/c1-30-17(26)8-6-4-2-3-5-7-9-31-21-14(10-13(25)15(11-23)33-21)32-22-20(29)19(28)18(27)16(12-24)34-22/h13-16,18-25,27-29H,2-12H2,1H3/t13-,14+,15+,16+,18+,19-,20+,21-,22-/m0/s1. The van der Waals surface area contributed by atoms with Crippen LogP contribution in [0.25, 0.3) is 0 Å². The molecule has 0 spiro atoms. The Labute approximate surface area is 199 Å². The molecule has 6 N–H and O–H groups in total. The number of unbranched alkanes of at least 4 members (excludes halogenated alkanes) is 5. The highest BCUT2D eigenvalue weighted by atomic mass is 16.7. The lowest BCUT2D eigenvalue weighted by atomic mass is 9.98. The number of hydrogen-bond donors (Lipinski definition) is 6. The van der Waals surface area contributed by atoms with Crippen LogP contribution in [0.5, 0.6) is 0 Å². The van der Waals surface area contributed by atoms with Gasteiger partial charge in [-0.1, -0.05) is 25.7 Å². The van der Waals surface area contributed by atoms with Gasteiger partial charge >= 0.3 is 5.97 Å². The molecule has 34 heavy (non-hydrogen) atoms. The minimum atomic E-state index is -1.59. The zero-order valence-electron chi connectivity index (χ0n) is 19.6. The van der Waals surface area contributed by atoms with Crippen LogP contribution >= 0.6 is 0 Å². The normalized spacial score (nSPS) is 36.4. The Kier molecular flexibility index (Phi) is 13.1. The first kappa shape index (κ1) is 29.3. The van der Waals surface area contributed by atoms with E-state index in [1.807, 2.05) is 0 Å². The van der Waals surface area contributed by atoms with Crippen molar-refractivity contribution in [3.8, 4) is 0 Å². The predicted octanol–water partition coefficient (Wildman–Crippen LogP) is -1.44. The molecular weight excluding hydrogens is 456 g/mol. The molecule has 2 saturated heterocycles. The van der Waals surface area contributed by atoms with Crippen molar-refractivity contribution in [3.63, 3.8) is 0 Å². The van der Waals surface area contributed by atoms with Gasteiger partial charge in [0.15, 0.2) is 12.6 Å². The first-order chi connectivity index (χ1) is 16.3. The lowest BCUT2D eigenvalue weighted by Crippen LogP contribution is -2.61. The molecule has 12 heteroatoms. The number of aliphatic hydroxyl groups is 6. The van der Waals surface area contributed by atoms with Crippen LogP contribution in [-0.4, -0.2) is 119 Å². The highest BCUT2D eigenvalue weighted by Gasteiger charge is 2.47. The summed E-state index contributed by atoms with van der Waals surface area (Å²) in [5.74, 6) is -0.201. The molecule has 0 radical (unpaired) electrons. The summed E-state index contributed by atoms with van der Waals surface area (Å²) in [6, 6.07) is 0. The number of esters is 1. The Bertz CT molecular complexity index is 576. The van der Waals surface area contributed by atoms with Crippen LogP contribution in [0.3, 0.4) is 0 Å². The number of carbonyl (C=O) groups excluding carboxylic acids is 1. The lowest BCUT2D eigenvalue weighted by molar-refractivity contribution is -0.350. The maximum Gasteiger partial charge on any atom is 0.305 e. The molecule has 2 heterocycles. The van der Waals surface area contributed by atoms with E-state index in [-0.39, 0.29) is 12.4 Å². The van der Waals surface area contributed by atoms with Crippen molar-refractivity contribution in [2.24, 2.45) is 0 Å². The second-order valence-corrected chi connectivity index (χ2v) is 8.72. The first-order valence-electron chi connectivity index (χ1n) is 11.9. The van der Waals surface area contributed by atoms with Gasteiger partial charge in [-0.25, -0.2) is 0 Å². The molecule has 0 aromatic carbocycles. The summed E-state index contributed by atoms with van der Waals surface area (Å²) in [6.45, 7) is -0.682. The van der Waals surface area contributed by atoms with E-state index >= 15 is 0 Å². The van der Waals surface area contributed by atoms with Crippen molar-refractivity contribution in [1.82, 2.24) is 0 Å². The van der Waals surface area contributed by atoms with Crippen molar-refractivity contribution in [1.29, 1.82) is 0 Å². The van der Waals surface area contributed by atoms with Gasteiger partial charge in [-0.05, 0) is 12.8 Å². The fraction of sp³-hybridized carbons (Fsp3) is 0.955. The van der Waals surface area contributed by atoms with Crippen molar-refractivity contribution in [2.45, 2.75) is 107 Å². The van der Waals surface area contributed by atoms with Crippen LogP contribution in [0.15, 0.2) is 0 Å². The van der Waals surface area contributed by atoms with Crippen LogP contribution in [-0.2, 0) is 28.5 Å². The predicted molar refractivity (Wildman–Crippen MR) is 115 cm³/mol. The van der Waals surface area contributed by atoms with E-state index in [1.54, 1.807) is 0 Å². The van der Waals surface area contributed by atoms with Gasteiger partial charge in [0.25, 0.3) is 0 Å². The SMILES string of the molecule is COC(=O)CCCCCCCCO[C@H]1O[C@H](CO)[C@@H](O)C[C@H]1O[C@H]1O[C@H](CO)[C@@H](O)[C@H](O)[C@H]1O. The molecule has 0 amide bonds. The molecule has 0 saturated carbocycles. The molecule has 9 atom stereocenters. The minimum absolute atomic E-state index is 0.0190.